The van der Waals surface area contributed by atoms with E-state index in [0.717, 1.165) is 5.75 Å². The van der Waals surface area contributed by atoms with Crippen molar-refractivity contribution in [2.45, 2.75) is 13.0 Å². The fourth-order valence-electron chi connectivity index (χ4n) is 1.17. The number of esters is 1. The van der Waals surface area contributed by atoms with E-state index in [1.54, 1.807) is 23.9 Å². The van der Waals surface area contributed by atoms with E-state index in [1.165, 1.54) is 7.11 Å². The Morgan fingerprint density at radius 2 is 2.31 bits per heavy atom. The molecule has 0 aliphatic carbocycles. The van der Waals surface area contributed by atoms with Crippen LogP contribution in [-0.4, -0.2) is 41.3 Å². The SMILES string of the molecule is COC(=O)c1ccc(NC(C)CSC)nn1. The number of aromatic nitrogens is 2. The number of nitrogens with zero attached hydrogens (tertiary/aromatic N) is 2. The highest BCUT2D eigenvalue weighted by Gasteiger charge is 2.08. The molecule has 1 atom stereocenters. The van der Waals surface area contributed by atoms with Crippen LogP contribution in [0.15, 0.2) is 12.1 Å². The van der Waals surface area contributed by atoms with Gasteiger partial charge in [-0.3, -0.25) is 0 Å². The van der Waals surface area contributed by atoms with Crippen LogP contribution in [-0.2, 0) is 4.74 Å². The summed E-state index contributed by atoms with van der Waals surface area (Å²) in [5.41, 5.74) is 0.213. The normalized spacial score (nSPS) is 11.9. The van der Waals surface area contributed by atoms with E-state index < -0.39 is 5.97 Å². The van der Waals surface area contributed by atoms with Crippen molar-refractivity contribution < 1.29 is 9.53 Å². The van der Waals surface area contributed by atoms with Gasteiger partial charge in [-0.15, -0.1) is 10.2 Å². The minimum absolute atomic E-state index is 0.213. The monoisotopic (exact) mass is 241 g/mol. The minimum atomic E-state index is -0.476. The number of methoxy groups -OCH3 is 1. The molecule has 1 heterocycles. The Hall–Kier alpha value is -1.30. The molecule has 0 saturated carbocycles. The zero-order valence-electron chi connectivity index (χ0n) is 9.56. The fraction of sp³-hybridized carbons (Fsp3) is 0.500. The molecule has 0 aromatic carbocycles. The lowest BCUT2D eigenvalue weighted by atomic mass is 10.3. The molecule has 1 rings (SSSR count). The highest BCUT2D eigenvalue weighted by Crippen LogP contribution is 2.07. The quantitative estimate of drug-likeness (QED) is 0.787. The summed E-state index contributed by atoms with van der Waals surface area (Å²) in [7, 11) is 1.32. The van der Waals surface area contributed by atoms with E-state index in [-0.39, 0.29) is 5.69 Å². The Bertz CT molecular complexity index is 342. The van der Waals surface area contributed by atoms with Crippen LogP contribution in [0.25, 0.3) is 0 Å². The fourth-order valence-corrected chi connectivity index (χ4v) is 1.75. The van der Waals surface area contributed by atoms with Crippen LogP contribution >= 0.6 is 11.8 Å². The van der Waals surface area contributed by atoms with Gasteiger partial charge in [-0.25, -0.2) is 4.79 Å². The minimum Gasteiger partial charge on any atom is -0.464 e. The molecule has 5 nitrogen and oxygen atoms in total. The van der Waals surface area contributed by atoms with Gasteiger partial charge in [-0.05, 0) is 25.3 Å². The van der Waals surface area contributed by atoms with Crippen LogP contribution in [0.3, 0.4) is 0 Å². The van der Waals surface area contributed by atoms with Crippen LogP contribution in [0, 0.1) is 0 Å². The molecule has 0 fully saturated rings. The van der Waals surface area contributed by atoms with Crippen molar-refractivity contribution in [2.75, 3.05) is 24.4 Å². The second-order valence-electron chi connectivity index (χ2n) is 3.30. The highest BCUT2D eigenvalue weighted by molar-refractivity contribution is 7.98. The molecular formula is C10H15N3O2S. The van der Waals surface area contributed by atoms with Crippen LogP contribution in [0.1, 0.15) is 17.4 Å². The van der Waals surface area contributed by atoms with E-state index in [9.17, 15) is 4.79 Å². The summed E-state index contributed by atoms with van der Waals surface area (Å²) in [4.78, 5) is 11.1. The first-order chi connectivity index (χ1) is 7.67. The average molecular weight is 241 g/mol. The number of rotatable bonds is 5. The predicted molar refractivity (Wildman–Crippen MR) is 64.8 cm³/mol. The molecule has 88 valence electrons. The Balaban J connectivity index is 2.61. The first-order valence-corrected chi connectivity index (χ1v) is 6.24. The summed E-state index contributed by atoms with van der Waals surface area (Å²) in [5, 5.41) is 10.8. The summed E-state index contributed by atoms with van der Waals surface area (Å²) < 4.78 is 4.53. The maximum Gasteiger partial charge on any atom is 0.358 e. The van der Waals surface area contributed by atoms with Crippen molar-refractivity contribution in [1.82, 2.24) is 10.2 Å². The highest BCUT2D eigenvalue weighted by atomic mass is 32.2. The Morgan fingerprint density at radius 1 is 1.56 bits per heavy atom. The molecule has 1 N–H and O–H groups in total. The first-order valence-electron chi connectivity index (χ1n) is 4.85. The van der Waals surface area contributed by atoms with Crippen molar-refractivity contribution in [2.24, 2.45) is 0 Å². The molecule has 16 heavy (non-hydrogen) atoms. The van der Waals surface area contributed by atoms with Crippen LogP contribution in [0.5, 0.6) is 0 Å². The van der Waals surface area contributed by atoms with Crippen molar-refractivity contribution in [1.29, 1.82) is 0 Å². The number of ether oxygens (including phenoxy) is 1. The molecule has 1 unspecified atom stereocenters. The van der Waals surface area contributed by atoms with E-state index in [0.29, 0.717) is 11.9 Å². The third-order valence-corrected chi connectivity index (χ3v) is 2.70. The number of anilines is 1. The smallest absolute Gasteiger partial charge is 0.358 e. The van der Waals surface area contributed by atoms with E-state index in [1.807, 2.05) is 6.26 Å². The number of carbonyl (C=O) groups is 1. The van der Waals surface area contributed by atoms with Crippen LogP contribution in [0.4, 0.5) is 5.82 Å². The third kappa shape index (κ3) is 3.69. The molecule has 1 aromatic heterocycles. The second kappa shape index (κ2) is 6.32. The average Bonchev–Trinajstić information content (AvgIpc) is 2.29. The summed E-state index contributed by atoms with van der Waals surface area (Å²) in [6.07, 6.45) is 2.05. The molecule has 0 radical (unpaired) electrons. The summed E-state index contributed by atoms with van der Waals surface area (Å²) in [5.74, 6) is 1.17. The van der Waals surface area contributed by atoms with E-state index in [4.69, 9.17) is 0 Å². The predicted octanol–water partition coefficient (Wildman–Crippen LogP) is 1.43. The lowest BCUT2D eigenvalue weighted by Gasteiger charge is -2.12. The molecule has 0 bridgehead atoms. The number of hydrogen-bond donors (Lipinski definition) is 1. The largest absolute Gasteiger partial charge is 0.464 e. The van der Waals surface area contributed by atoms with Gasteiger partial charge in [0.15, 0.2) is 5.69 Å². The van der Waals surface area contributed by atoms with E-state index >= 15 is 0 Å². The molecule has 6 heteroatoms. The Morgan fingerprint density at radius 3 is 2.81 bits per heavy atom. The van der Waals surface area contributed by atoms with Gasteiger partial charge in [-0.2, -0.15) is 11.8 Å². The third-order valence-electron chi connectivity index (χ3n) is 1.87. The van der Waals surface area contributed by atoms with Crippen molar-refractivity contribution in [3.8, 4) is 0 Å². The molecule has 0 amide bonds. The van der Waals surface area contributed by atoms with Gasteiger partial charge in [0.1, 0.15) is 5.82 Å². The van der Waals surface area contributed by atoms with Crippen molar-refractivity contribution in [3.63, 3.8) is 0 Å². The standard InChI is InChI=1S/C10H15N3O2S/c1-7(6-16-3)11-9-5-4-8(12-13-9)10(14)15-2/h4-5,7H,6H2,1-3H3,(H,11,13). The Labute approximate surface area is 99.0 Å². The number of hydrogen-bond acceptors (Lipinski definition) is 6. The zero-order chi connectivity index (χ0) is 12.0. The van der Waals surface area contributed by atoms with E-state index in [2.05, 4.69) is 27.2 Å². The van der Waals surface area contributed by atoms with Gasteiger partial charge in [0, 0.05) is 11.8 Å². The van der Waals surface area contributed by atoms with Gasteiger partial charge in [0.25, 0.3) is 0 Å². The number of carbonyl (C=O) groups excluding carboxylic acids is 1. The topological polar surface area (TPSA) is 64.1 Å². The summed E-state index contributed by atoms with van der Waals surface area (Å²) >= 11 is 1.76. The summed E-state index contributed by atoms with van der Waals surface area (Å²) in [6, 6.07) is 3.62. The van der Waals surface area contributed by atoms with Gasteiger partial charge in [0.05, 0.1) is 7.11 Å². The molecule has 0 aliphatic rings. The first kappa shape index (κ1) is 12.8. The van der Waals surface area contributed by atoms with Gasteiger partial charge in [0.2, 0.25) is 0 Å². The van der Waals surface area contributed by atoms with Gasteiger partial charge >= 0.3 is 5.97 Å². The van der Waals surface area contributed by atoms with Gasteiger partial charge < -0.3 is 10.1 Å². The molecule has 0 aliphatic heterocycles. The molecular weight excluding hydrogens is 226 g/mol. The van der Waals surface area contributed by atoms with Crippen molar-refractivity contribution in [3.05, 3.63) is 17.8 Å². The van der Waals surface area contributed by atoms with Crippen LogP contribution < -0.4 is 5.32 Å². The van der Waals surface area contributed by atoms with Crippen molar-refractivity contribution >= 4 is 23.5 Å². The number of thioether (sulfide) groups is 1. The maximum atomic E-state index is 11.1. The van der Waals surface area contributed by atoms with Gasteiger partial charge in [-0.1, -0.05) is 0 Å². The lowest BCUT2D eigenvalue weighted by Crippen LogP contribution is -2.19. The van der Waals surface area contributed by atoms with Crippen LogP contribution in [0.2, 0.25) is 0 Å². The number of nitrogens with one attached hydrogen (secondary N) is 1. The lowest BCUT2D eigenvalue weighted by molar-refractivity contribution is 0.0593. The second-order valence-corrected chi connectivity index (χ2v) is 4.21. The molecule has 1 aromatic rings. The molecule has 0 saturated heterocycles. The maximum absolute atomic E-state index is 11.1. The zero-order valence-corrected chi connectivity index (χ0v) is 10.4. The summed E-state index contributed by atoms with van der Waals surface area (Å²) in [6.45, 7) is 2.06. The molecule has 0 spiro atoms. The Kier molecular flexibility index (Phi) is 5.04.